The summed E-state index contributed by atoms with van der Waals surface area (Å²) in [4.78, 5) is 11.8. The quantitative estimate of drug-likeness (QED) is 0.505. The normalized spacial score (nSPS) is 12.9. The molecule has 0 aliphatic carbocycles. The fourth-order valence-electron chi connectivity index (χ4n) is 2.81. The molecule has 0 saturated carbocycles. The summed E-state index contributed by atoms with van der Waals surface area (Å²) in [6.07, 6.45) is -1.64. The van der Waals surface area contributed by atoms with Gasteiger partial charge in [-0.2, -0.15) is 13.2 Å². The predicted molar refractivity (Wildman–Crippen MR) is 98.5 cm³/mol. The maximum absolute atomic E-state index is 13.3. The van der Waals surface area contributed by atoms with Gasteiger partial charge in [0.1, 0.15) is 17.2 Å². The van der Waals surface area contributed by atoms with Crippen molar-refractivity contribution in [3.05, 3.63) is 72.4 Å². The van der Waals surface area contributed by atoms with Gasteiger partial charge in [-0.3, -0.25) is 4.98 Å². The molecule has 3 aromatic heterocycles. The van der Waals surface area contributed by atoms with Crippen LogP contribution in [-0.4, -0.2) is 15.0 Å². The van der Waals surface area contributed by atoms with Gasteiger partial charge in [-0.05, 0) is 31.2 Å². The van der Waals surface area contributed by atoms with Crippen LogP contribution in [0.1, 0.15) is 24.4 Å². The molecule has 0 aliphatic heterocycles. The fraction of sp³-hybridized carbons (Fsp3) is 0.150. The molecular weight excluding hydrogens is 369 g/mol. The molecule has 0 bridgehead atoms. The Hall–Kier alpha value is -3.42. The highest BCUT2D eigenvalue weighted by molar-refractivity contribution is 5.77. The number of hydrogen-bond acceptors (Lipinski definition) is 5. The summed E-state index contributed by atoms with van der Waals surface area (Å²) in [5, 5.41) is 3.90. The van der Waals surface area contributed by atoms with E-state index in [4.69, 9.17) is 4.42 Å². The maximum Gasteiger partial charge on any atom is 0.433 e. The Kier molecular flexibility index (Phi) is 4.46. The van der Waals surface area contributed by atoms with Crippen molar-refractivity contribution < 1.29 is 17.6 Å². The molecule has 4 rings (SSSR count). The molecule has 1 atom stereocenters. The van der Waals surface area contributed by atoms with E-state index in [0.29, 0.717) is 16.9 Å². The van der Waals surface area contributed by atoms with Gasteiger partial charge in [0.15, 0.2) is 11.5 Å². The molecule has 1 N–H and O–H groups in total. The monoisotopic (exact) mass is 384 g/mol. The molecule has 0 aliphatic rings. The molecule has 8 heteroatoms. The zero-order valence-electron chi connectivity index (χ0n) is 14.7. The minimum atomic E-state index is -4.59. The Labute approximate surface area is 158 Å². The second-order valence-corrected chi connectivity index (χ2v) is 6.25. The number of furan rings is 1. The number of para-hydroxylation sites is 1. The molecule has 142 valence electrons. The van der Waals surface area contributed by atoms with Gasteiger partial charge in [0.05, 0.1) is 6.04 Å². The van der Waals surface area contributed by atoms with E-state index >= 15 is 0 Å². The molecular formula is C20H15F3N4O. The predicted octanol–water partition coefficient (Wildman–Crippen LogP) is 5.48. The number of aromatic nitrogens is 3. The number of anilines is 1. The Balaban J connectivity index is 1.69. The van der Waals surface area contributed by atoms with E-state index in [2.05, 4.69) is 20.3 Å². The van der Waals surface area contributed by atoms with Crippen molar-refractivity contribution in [2.24, 2.45) is 0 Å². The number of nitrogens with zero attached hydrogens (tertiary/aromatic N) is 3. The zero-order chi connectivity index (χ0) is 19.7. The summed E-state index contributed by atoms with van der Waals surface area (Å²) in [5.74, 6) is 0.623. The molecule has 4 aromatic rings. The maximum atomic E-state index is 13.3. The summed E-state index contributed by atoms with van der Waals surface area (Å²) in [7, 11) is 0. The van der Waals surface area contributed by atoms with Crippen LogP contribution >= 0.6 is 0 Å². The Morgan fingerprint density at radius 2 is 1.75 bits per heavy atom. The highest BCUT2D eigenvalue weighted by Gasteiger charge is 2.34. The third-order valence-electron chi connectivity index (χ3n) is 4.19. The fourth-order valence-corrected chi connectivity index (χ4v) is 2.81. The van der Waals surface area contributed by atoms with Gasteiger partial charge in [-0.1, -0.05) is 18.2 Å². The van der Waals surface area contributed by atoms with Gasteiger partial charge >= 0.3 is 6.18 Å². The number of pyridine rings is 1. The van der Waals surface area contributed by atoms with Crippen LogP contribution in [0.25, 0.3) is 22.4 Å². The molecule has 3 heterocycles. The number of alkyl halides is 3. The molecule has 0 saturated heterocycles. The highest BCUT2D eigenvalue weighted by Crippen LogP contribution is 2.32. The van der Waals surface area contributed by atoms with Gasteiger partial charge in [-0.15, -0.1) is 0 Å². The largest absolute Gasteiger partial charge is 0.459 e. The van der Waals surface area contributed by atoms with Crippen molar-refractivity contribution in [2.75, 3.05) is 5.32 Å². The smallest absolute Gasteiger partial charge is 0.433 e. The molecule has 0 radical (unpaired) electrons. The van der Waals surface area contributed by atoms with E-state index in [-0.39, 0.29) is 11.6 Å². The van der Waals surface area contributed by atoms with E-state index in [0.717, 1.165) is 11.5 Å². The molecule has 1 aromatic carbocycles. The molecule has 0 fully saturated rings. The molecule has 0 spiro atoms. The number of hydrogen-bond donors (Lipinski definition) is 1. The van der Waals surface area contributed by atoms with Gasteiger partial charge < -0.3 is 9.73 Å². The average molecular weight is 384 g/mol. The molecule has 0 unspecified atom stereocenters. The number of benzene rings is 1. The third-order valence-corrected chi connectivity index (χ3v) is 4.19. The minimum Gasteiger partial charge on any atom is -0.459 e. The van der Waals surface area contributed by atoms with E-state index in [1.165, 1.54) is 12.4 Å². The lowest BCUT2D eigenvalue weighted by atomic mass is 10.2. The van der Waals surface area contributed by atoms with Crippen LogP contribution in [0.15, 0.2) is 65.3 Å². The van der Waals surface area contributed by atoms with Gasteiger partial charge in [-0.25, -0.2) is 9.97 Å². The topological polar surface area (TPSA) is 63.8 Å². The lowest BCUT2D eigenvalue weighted by Gasteiger charge is -2.15. The van der Waals surface area contributed by atoms with Crippen molar-refractivity contribution >= 4 is 16.8 Å². The summed E-state index contributed by atoms with van der Waals surface area (Å²) >= 11 is 0. The number of halogens is 3. The Morgan fingerprint density at radius 3 is 2.46 bits per heavy atom. The van der Waals surface area contributed by atoms with Crippen LogP contribution < -0.4 is 5.32 Å². The highest BCUT2D eigenvalue weighted by atomic mass is 19.4. The Morgan fingerprint density at radius 1 is 1.00 bits per heavy atom. The van der Waals surface area contributed by atoms with Crippen molar-refractivity contribution in [1.82, 2.24) is 15.0 Å². The molecule has 5 nitrogen and oxygen atoms in total. The van der Waals surface area contributed by atoms with Crippen LogP contribution in [0.3, 0.4) is 0 Å². The first kappa shape index (κ1) is 18.0. The van der Waals surface area contributed by atoms with Crippen molar-refractivity contribution in [3.8, 4) is 11.4 Å². The van der Waals surface area contributed by atoms with E-state index < -0.39 is 17.9 Å². The lowest BCUT2D eigenvalue weighted by Crippen LogP contribution is -2.13. The summed E-state index contributed by atoms with van der Waals surface area (Å²) in [5.41, 5.74) is 0.136. The van der Waals surface area contributed by atoms with Crippen molar-refractivity contribution in [2.45, 2.75) is 19.1 Å². The minimum absolute atomic E-state index is 0.0310. The Bertz CT molecular complexity index is 1080. The van der Waals surface area contributed by atoms with Gasteiger partial charge in [0.2, 0.25) is 0 Å². The van der Waals surface area contributed by atoms with Crippen LogP contribution in [-0.2, 0) is 6.18 Å². The summed E-state index contributed by atoms with van der Waals surface area (Å²) in [6.45, 7) is 1.79. The zero-order valence-corrected chi connectivity index (χ0v) is 14.7. The van der Waals surface area contributed by atoms with E-state index in [9.17, 15) is 13.2 Å². The van der Waals surface area contributed by atoms with Crippen LogP contribution in [0.4, 0.5) is 19.0 Å². The first-order valence-electron chi connectivity index (χ1n) is 8.52. The van der Waals surface area contributed by atoms with Gasteiger partial charge in [0.25, 0.3) is 0 Å². The second-order valence-electron chi connectivity index (χ2n) is 6.25. The summed E-state index contributed by atoms with van der Waals surface area (Å²) in [6, 6.07) is 12.9. The van der Waals surface area contributed by atoms with E-state index in [1.54, 1.807) is 19.1 Å². The van der Waals surface area contributed by atoms with Crippen molar-refractivity contribution in [3.63, 3.8) is 0 Å². The van der Waals surface area contributed by atoms with Crippen molar-refractivity contribution in [1.29, 1.82) is 0 Å². The number of rotatable bonds is 4. The first-order valence-corrected chi connectivity index (χ1v) is 8.52. The van der Waals surface area contributed by atoms with E-state index in [1.807, 2.05) is 30.3 Å². The second kappa shape index (κ2) is 6.95. The molecule has 28 heavy (non-hydrogen) atoms. The third kappa shape index (κ3) is 3.66. The van der Waals surface area contributed by atoms with Crippen LogP contribution in [0.2, 0.25) is 0 Å². The first-order chi connectivity index (χ1) is 13.4. The van der Waals surface area contributed by atoms with Crippen LogP contribution in [0.5, 0.6) is 0 Å². The summed E-state index contributed by atoms with van der Waals surface area (Å²) < 4.78 is 45.7. The SMILES string of the molecule is C[C@@H](Nc1cc(C(F)(F)F)nc(-c2ccncc2)n1)c1cc2ccccc2o1. The van der Waals surface area contributed by atoms with Gasteiger partial charge in [0, 0.05) is 29.4 Å². The standard InChI is InChI=1S/C20H15F3N4O/c1-12(16-10-14-4-2-3-5-15(14)28-16)25-18-11-17(20(21,22)23)26-19(27-18)13-6-8-24-9-7-13/h2-12H,1H3,(H,25,26,27)/t12-/m1/s1. The molecule has 0 amide bonds. The van der Waals surface area contributed by atoms with Crippen LogP contribution in [0, 0.1) is 0 Å². The number of fused-ring (bicyclic) bond motifs is 1. The number of nitrogens with one attached hydrogen (secondary N) is 1. The average Bonchev–Trinajstić information content (AvgIpc) is 3.12. The lowest BCUT2D eigenvalue weighted by molar-refractivity contribution is -0.141.